The Kier molecular flexibility index (Phi) is 3.38. The molecular formula is C14H17ClN4O. The Morgan fingerprint density at radius 2 is 2.30 bits per heavy atom. The molecule has 0 N–H and O–H groups in total. The van der Waals surface area contributed by atoms with Gasteiger partial charge in [0.15, 0.2) is 0 Å². The van der Waals surface area contributed by atoms with Crippen LogP contribution in [0.25, 0.3) is 11.0 Å². The van der Waals surface area contributed by atoms with Gasteiger partial charge in [-0.2, -0.15) is 0 Å². The number of amides is 1. The number of likely N-dealkylation sites (tertiary alicyclic amines) is 1. The molecular weight excluding hydrogens is 276 g/mol. The van der Waals surface area contributed by atoms with Crippen LogP contribution in [0.4, 0.5) is 0 Å². The number of likely N-dealkylation sites (N-methyl/N-ethyl adjacent to an activating group) is 1. The van der Waals surface area contributed by atoms with Gasteiger partial charge in [0.1, 0.15) is 11.3 Å². The van der Waals surface area contributed by atoms with Gasteiger partial charge in [-0.1, -0.05) is 0 Å². The second-order valence-corrected chi connectivity index (χ2v) is 5.94. The maximum atomic E-state index is 11.7. The molecule has 0 radical (unpaired) electrons. The molecule has 5 nitrogen and oxygen atoms in total. The fourth-order valence-electron chi connectivity index (χ4n) is 2.83. The van der Waals surface area contributed by atoms with Crippen molar-refractivity contribution in [1.82, 2.24) is 19.4 Å². The van der Waals surface area contributed by atoms with Crippen LogP contribution in [0.2, 0.25) is 0 Å². The molecule has 3 rings (SSSR count). The lowest BCUT2D eigenvalue weighted by Crippen LogP contribution is -2.38. The van der Waals surface area contributed by atoms with Crippen molar-refractivity contribution >= 4 is 28.5 Å². The van der Waals surface area contributed by atoms with Crippen molar-refractivity contribution in [3.8, 4) is 0 Å². The third-order valence-corrected chi connectivity index (χ3v) is 4.04. The Bertz CT molecular complexity index is 652. The number of imidazole rings is 1. The van der Waals surface area contributed by atoms with Crippen molar-refractivity contribution in [1.29, 1.82) is 0 Å². The predicted molar refractivity (Wildman–Crippen MR) is 77.7 cm³/mol. The number of carbonyl (C=O) groups is 1. The lowest BCUT2D eigenvalue weighted by Gasteiger charge is -2.32. The summed E-state index contributed by atoms with van der Waals surface area (Å²) in [5.41, 5.74) is 1.89. The number of alkyl halides is 1. The lowest BCUT2D eigenvalue weighted by atomic mass is 10.0. The molecule has 3 heterocycles. The number of hydrogen-bond donors (Lipinski definition) is 0. The van der Waals surface area contributed by atoms with E-state index in [4.69, 9.17) is 11.6 Å². The van der Waals surface area contributed by atoms with Crippen LogP contribution in [0.5, 0.6) is 0 Å². The summed E-state index contributed by atoms with van der Waals surface area (Å²) in [6.45, 7) is 2.62. The number of pyridine rings is 1. The zero-order chi connectivity index (χ0) is 14.3. The van der Waals surface area contributed by atoms with Crippen molar-refractivity contribution in [2.75, 3.05) is 13.6 Å². The SMILES string of the molecule is CC(Cl)c1nc2cnccc2n1C1CCC(=O)N(C)C1. The summed E-state index contributed by atoms with van der Waals surface area (Å²) in [5, 5.41) is -0.176. The molecule has 2 aromatic heterocycles. The molecule has 0 aliphatic carbocycles. The summed E-state index contributed by atoms with van der Waals surface area (Å²) in [6.07, 6.45) is 4.92. The minimum absolute atomic E-state index is 0.176. The van der Waals surface area contributed by atoms with Crippen LogP contribution in [-0.2, 0) is 4.79 Å². The highest BCUT2D eigenvalue weighted by Crippen LogP contribution is 2.31. The fourth-order valence-corrected chi connectivity index (χ4v) is 2.99. The van der Waals surface area contributed by atoms with Gasteiger partial charge in [0.2, 0.25) is 5.91 Å². The highest BCUT2D eigenvalue weighted by molar-refractivity contribution is 6.20. The molecule has 0 saturated carbocycles. The molecule has 20 heavy (non-hydrogen) atoms. The normalized spacial score (nSPS) is 21.4. The van der Waals surface area contributed by atoms with E-state index in [1.54, 1.807) is 17.3 Å². The van der Waals surface area contributed by atoms with Gasteiger partial charge in [-0.15, -0.1) is 11.6 Å². The van der Waals surface area contributed by atoms with Gasteiger partial charge in [0, 0.05) is 26.2 Å². The van der Waals surface area contributed by atoms with E-state index in [9.17, 15) is 4.79 Å². The van der Waals surface area contributed by atoms with E-state index in [0.29, 0.717) is 13.0 Å². The molecule has 1 aliphatic heterocycles. The number of hydrogen-bond acceptors (Lipinski definition) is 3. The van der Waals surface area contributed by atoms with Crippen molar-refractivity contribution < 1.29 is 4.79 Å². The number of rotatable bonds is 2. The van der Waals surface area contributed by atoms with Crippen molar-refractivity contribution in [2.24, 2.45) is 0 Å². The van der Waals surface area contributed by atoms with Crippen molar-refractivity contribution in [3.63, 3.8) is 0 Å². The first-order valence-electron chi connectivity index (χ1n) is 6.78. The summed E-state index contributed by atoms with van der Waals surface area (Å²) in [5.74, 6) is 1.05. The van der Waals surface area contributed by atoms with Crippen LogP contribution < -0.4 is 0 Å². The van der Waals surface area contributed by atoms with Crippen LogP contribution in [0, 0.1) is 0 Å². The second-order valence-electron chi connectivity index (χ2n) is 5.29. The molecule has 1 fully saturated rings. The Hall–Kier alpha value is -1.62. The van der Waals surface area contributed by atoms with Gasteiger partial charge in [-0.3, -0.25) is 9.78 Å². The maximum absolute atomic E-state index is 11.7. The second kappa shape index (κ2) is 5.05. The van der Waals surface area contributed by atoms with Gasteiger partial charge in [-0.05, 0) is 19.4 Å². The Labute approximate surface area is 122 Å². The average Bonchev–Trinajstić information content (AvgIpc) is 2.81. The third kappa shape index (κ3) is 2.16. The highest BCUT2D eigenvalue weighted by Gasteiger charge is 2.28. The van der Waals surface area contributed by atoms with Crippen LogP contribution in [0.15, 0.2) is 18.5 Å². The van der Waals surface area contributed by atoms with E-state index < -0.39 is 0 Å². The molecule has 2 atom stereocenters. The highest BCUT2D eigenvalue weighted by atomic mass is 35.5. The Morgan fingerprint density at radius 3 is 3.00 bits per heavy atom. The van der Waals surface area contributed by atoms with Crippen LogP contribution in [-0.4, -0.2) is 38.9 Å². The van der Waals surface area contributed by atoms with Gasteiger partial charge >= 0.3 is 0 Å². The summed E-state index contributed by atoms with van der Waals surface area (Å²) in [4.78, 5) is 22.2. The van der Waals surface area contributed by atoms with Gasteiger partial charge in [0.25, 0.3) is 0 Å². The van der Waals surface area contributed by atoms with Gasteiger partial charge in [0.05, 0.1) is 23.1 Å². The molecule has 1 aliphatic rings. The number of halogens is 1. The van der Waals surface area contributed by atoms with Gasteiger partial charge < -0.3 is 9.47 Å². The number of nitrogens with zero attached hydrogens (tertiary/aromatic N) is 4. The standard InChI is InChI=1S/C14H17ClN4O/c1-9(15)14-17-11-7-16-6-5-12(11)19(14)10-3-4-13(20)18(2)8-10/h5-7,9-10H,3-4,8H2,1-2H3. The summed E-state index contributed by atoms with van der Waals surface area (Å²) in [6, 6.07) is 2.18. The van der Waals surface area contributed by atoms with Gasteiger partial charge in [-0.25, -0.2) is 4.98 Å². The van der Waals surface area contributed by atoms with Crippen LogP contribution in [0.3, 0.4) is 0 Å². The van der Waals surface area contributed by atoms with E-state index >= 15 is 0 Å². The predicted octanol–water partition coefficient (Wildman–Crippen LogP) is 2.52. The van der Waals surface area contributed by atoms with E-state index in [2.05, 4.69) is 14.5 Å². The smallest absolute Gasteiger partial charge is 0.222 e. The molecule has 106 valence electrons. The van der Waals surface area contributed by atoms with Crippen molar-refractivity contribution in [3.05, 3.63) is 24.3 Å². The topological polar surface area (TPSA) is 51.0 Å². The molecule has 0 aromatic carbocycles. The fraction of sp³-hybridized carbons (Fsp3) is 0.500. The molecule has 1 amide bonds. The zero-order valence-corrected chi connectivity index (χ0v) is 12.3. The van der Waals surface area contributed by atoms with E-state index in [1.165, 1.54) is 0 Å². The minimum atomic E-state index is -0.176. The molecule has 0 spiro atoms. The monoisotopic (exact) mass is 292 g/mol. The zero-order valence-electron chi connectivity index (χ0n) is 11.6. The van der Waals surface area contributed by atoms with E-state index in [-0.39, 0.29) is 17.3 Å². The Balaban J connectivity index is 2.09. The quantitative estimate of drug-likeness (QED) is 0.799. The largest absolute Gasteiger partial charge is 0.344 e. The summed E-state index contributed by atoms with van der Waals surface area (Å²) < 4.78 is 2.18. The first kappa shape index (κ1) is 13.4. The third-order valence-electron chi connectivity index (χ3n) is 3.84. The van der Waals surface area contributed by atoms with Crippen molar-refractivity contribution in [2.45, 2.75) is 31.2 Å². The maximum Gasteiger partial charge on any atom is 0.222 e. The van der Waals surface area contributed by atoms with E-state index in [0.717, 1.165) is 23.3 Å². The number of carbonyl (C=O) groups excluding carboxylic acids is 1. The Morgan fingerprint density at radius 1 is 1.50 bits per heavy atom. The minimum Gasteiger partial charge on any atom is -0.344 e. The molecule has 2 unspecified atom stereocenters. The lowest BCUT2D eigenvalue weighted by molar-refractivity contribution is -0.132. The first-order valence-corrected chi connectivity index (χ1v) is 7.21. The first-order chi connectivity index (χ1) is 9.58. The number of fused-ring (bicyclic) bond motifs is 1. The average molecular weight is 293 g/mol. The number of aromatic nitrogens is 3. The molecule has 1 saturated heterocycles. The van der Waals surface area contributed by atoms with Crippen LogP contribution >= 0.6 is 11.6 Å². The molecule has 2 aromatic rings. The summed E-state index contributed by atoms with van der Waals surface area (Å²) in [7, 11) is 1.85. The number of piperidine rings is 1. The molecule has 6 heteroatoms. The van der Waals surface area contributed by atoms with E-state index in [1.807, 2.05) is 20.0 Å². The van der Waals surface area contributed by atoms with Crippen LogP contribution in [0.1, 0.15) is 37.0 Å². The molecule has 0 bridgehead atoms. The summed E-state index contributed by atoms with van der Waals surface area (Å²) >= 11 is 6.28.